The van der Waals surface area contributed by atoms with E-state index in [0.717, 1.165) is 23.5 Å². The van der Waals surface area contributed by atoms with Gasteiger partial charge in [0.1, 0.15) is 5.01 Å². The van der Waals surface area contributed by atoms with Crippen molar-refractivity contribution in [2.75, 3.05) is 5.73 Å². The van der Waals surface area contributed by atoms with Gasteiger partial charge in [-0.25, -0.2) is 0 Å². The molecule has 0 fully saturated rings. The number of anilines is 1. The highest BCUT2D eigenvalue weighted by molar-refractivity contribution is 7.18. The predicted molar refractivity (Wildman–Crippen MR) is 67.7 cm³/mol. The highest BCUT2D eigenvalue weighted by atomic mass is 32.1. The molecule has 1 aromatic carbocycles. The van der Waals surface area contributed by atoms with Gasteiger partial charge in [0.05, 0.1) is 4.92 Å². The summed E-state index contributed by atoms with van der Waals surface area (Å²) >= 11 is 1.08. The van der Waals surface area contributed by atoms with Gasteiger partial charge < -0.3 is 5.73 Å². The zero-order valence-corrected chi connectivity index (χ0v) is 10.6. The van der Waals surface area contributed by atoms with Crippen molar-refractivity contribution in [2.45, 2.75) is 13.8 Å². The second-order valence-electron chi connectivity index (χ2n) is 2.87. The second kappa shape index (κ2) is 6.01. The first-order valence-electron chi connectivity index (χ1n) is 5.11. The molecule has 0 saturated heterocycles. The van der Waals surface area contributed by atoms with Gasteiger partial charge in [-0.2, -0.15) is 4.39 Å². The molecule has 1 heterocycles. The molecule has 2 rings (SSSR count). The number of nitrogen functional groups attached to an aromatic ring is 1. The van der Waals surface area contributed by atoms with Crippen LogP contribution in [0.15, 0.2) is 18.2 Å². The van der Waals surface area contributed by atoms with Crippen LogP contribution < -0.4 is 5.73 Å². The van der Waals surface area contributed by atoms with E-state index >= 15 is 0 Å². The van der Waals surface area contributed by atoms with Crippen LogP contribution >= 0.6 is 11.3 Å². The first kappa shape index (κ1) is 14.0. The fourth-order valence-electron chi connectivity index (χ4n) is 1.14. The molecule has 0 bridgehead atoms. The van der Waals surface area contributed by atoms with E-state index in [4.69, 9.17) is 5.73 Å². The third-order valence-electron chi connectivity index (χ3n) is 1.83. The van der Waals surface area contributed by atoms with Crippen molar-refractivity contribution >= 4 is 22.2 Å². The summed E-state index contributed by atoms with van der Waals surface area (Å²) in [6.45, 7) is 4.00. The van der Waals surface area contributed by atoms with Crippen molar-refractivity contribution in [3.05, 3.63) is 34.1 Å². The van der Waals surface area contributed by atoms with Gasteiger partial charge in [0.25, 0.3) is 0 Å². The smallest absolute Gasteiger partial charge is 0.304 e. The van der Waals surface area contributed by atoms with Gasteiger partial charge in [0.2, 0.25) is 10.9 Å². The molecule has 0 radical (unpaired) electrons. The quantitative estimate of drug-likeness (QED) is 0.668. The Labute approximate surface area is 106 Å². The monoisotopic (exact) mass is 270 g/mol. The maximum absolute atomic E-state index is 13.3. The normalized spacial score (nSPS) is 9.50. The maximum atomic E-state index is 13.3. The van der Waals surface area contributed by atoms with E-state index in [9.17, 15) is 14.5 Å². The molecule has 6 nitrogen and oxygen atoms in total. The third-order valence-corrected chi connectivity index (χ3v) is 2.63. The Morgan fingerprint density at radius 2 is 2.06 bits per heavy atom. The molecule has 2 aromatic rings. The molecule has 1 aromatic heterocycles. The van der Waals surface area contributed by atoms with Crippen molar-refractivity contribution in [1.82, 2.24) is 10.2 Å². The van der Waals surface area contributed by atoms with Crippen LogP contribution in [-0.4, -0.2) is 15.1 Å². The fourth-order valence-corrected chi connectivity index (χ4v) is 1.75. The molecule has 0 aliphatic rings. The number of nitro groups is 1. The van der Waals surface area contributed by atoms with Gasteiger partial charge in [-0.3, -0.25) is 10.1 Å². The van der Waals surface area contributed by atoms with Gasteiger partial charge in [0.15, 0.2) is 0 Å². The predicted octanol–water partition coefficient (Wildman–Crippen LogP) is 2.86. The number of hydrogen-bond donors (Lipinski definition) is 1. The molecule has 0 aliphatic carbocycles. The Kier molecular flexibility index (Phi) is 4.67. The van der Waals surface area contributed by atoms with Crippen molar-refractivity contribution in [3.8, 4) is 10.6 Å². The number of halogens is 1. The van der Waals surface area contributed by atoms with Gasteiger partial charge in [0, 0.05) is 11.6 Å². The number of hydrogen-bond acceptors (Lipinski definition) is 6. The lowest BCUT2D eigenvalue weighted by atomic mass is 10.2. The minimum Gasteiger partial charge on any atom is -0.374 e. The van der Waals surface area contributed by atoms with E-state index in [1.54, 1.807) is 0 Å². The number of nitrogens with zero attached hydrogens (tertiary/aromatic N) is 3. The second-order valence-corrected chi connectivity index (χ2v) is 3.88. The summed E-state index contributed by atoms with van der Waals surface area (Å²) in [5.41, 5.74) is 5.22. The molecular weight excluding hydrogens is 259 g/mol. The topological polar surface area (TPSA) is 94.9 Å². The van der Waals surface area contributed by atoms with Gasteiger partial charge in [-0.1, -0.05) is 25.2 Å². The average Bonchev–Trinajstić information content (AvgIpc) is 2.78. The van der Waals surface area contributed by atoms with Crippen LogP contribution in [0.2, 0.25) is 0 Å². The molecular formula is C10H11FN4O2S. The van der Waals surface area contributed by atoms with Gasteiger partial charge in [-0.15, -0.1) is 10.2 Å². The minimum absolute atomic E-state index is 0.258. The van der Waals surface area contributed by atoms with Crippen LogP contribution in [0.5, 0.6) is 0 Å². The zero-order valence-electron chi connectivity index (χ0n) is 9.75. The van der Waals surface area contributed by atoms with Crippen LogP contribution in [0.3, 0.4) is 0 Å². The van der Waals surface area contributed by atoms with Crippen LogP contribution in [0, 0.1) is 15.9 Å². The lowest BCUT2D eigenvalue weighted by molar-refractivity contribution is -0.387. The number of benzene rings is 1. The highest BCUT2D eigenvalue weighted by Gasteiger charge is 2.15. The molecule has 8 heteroatoms. The van der Waals surface area contributed by atoms with Gasteiger partial charge in [-0.05, 0) is 12.1 Å². The number of nitro benzene ring substituents is 1. The van der Waals surface area contributed by atoms with E-state index in [2.05, 4.69) is 10.2 Å². The van der Waals surface area contributed by atoms with E-state index in [1.807, 2.05) is 13.8 Å². The number of rotatable bonds is 2. The first-order valence-corrected chi connectivity index (χ1v) is 5.93. The molecule has 0 aliphatic heterocycles. The molecule has 18 heavy (non-hydrogen) atoms. The van der Waals surface area contributed by atoms with E-state index in [-0.39, 0.29) is 5.13 Å². The van der Waals surface area contributed by atoms with Crippen LogP contribution in [0.1, 0.15) is 13.8 Å². The Morgan fingerprint density at radius 3 is 2.50 bits per heavy atom. The van der Waals surface area contributed by atoms with E-state index in [0.29, 0.717) is 10.6 Å². The molecule has 2 N–H and O–H groups in total. The summed E-state index contributed by atoms with van der Waals surface area (Å²) in [6, 6.07) is 3.53. The zero-order chi connectivity index (χ0) is 13.7. The molecule has 0 unspecified atom stereocenters. The maximum Gasteiger partial charge on any atom is 0.304 e. The first-order chi connectivity index (χ1) is 8.58. The fraction of sp³-hybridized carbons (Fsp3) is 0.200. The van der Waals surface area contributed by atoms with Gasteiger partial charge >= 0.3 is 5.69 Å². The summed E-state index contributed by atoms with van der Waals surface area (Å²) in [5, 5.41) is 18.4. The van der Waals surface area contributed by atoms with Crippen molar-refractivity contribution in [1.29, 1.82) is 0 Å². The SMILES string of the molecule is CC.Nc1nnc(-c2ccc([N+](=O)[O-])c(F)c2)s1. The average molecular weight is 270 g/mol. The Bertz CT molecular complexity index is 559. The number of nitrogens with two attached hydrogens (primary N) is 1. The Morgan fingerprint density at radius 1 is 1.39 bits per heavy atom. The Hall–Kier alpha value is -2.09. The standard InChI is InChI=1S/C8H5FN4O2S.C2H6/c9-5-3-4(1-2-6(5)13(14)15)7-11-12-8(10)16-7;1-2/h1-3H,(H2,10,12);1-2H3. The van der Waals surface area contributed by atoms with Crippen molar-refractivity contribution in [3.63, 3.8) is 0 Å². The summed E-state index contributed by atoms with van der Waals surface area (Å²) in [5.74, 6) is -0.906. The van der Waals surface area contributed by atoms with Crippen LogP contribution in [0.25, 0.3) is 10.6 Å². The third kappa shape index (κ3) is 2.98. The van der Waals surface area contributed by atoms with Crippen LogP contribution in [-0.2, 0) is 0 Å². The summed E-state index contributed by atoms with van der Waals surface area (Å²) < 4.78 is 13.3. The van der Waals surface area contributed by atoms with Crippen LogP contribution in [0.4, 0.5) is 15.2 Å². The van der Waals surface area contributed by atoms with Crippen molar-refractivity contribution in [2.24, 2.45) is 0 Å². The molecule has 0 spiro atoms. The highest BCUT2D eigenvalue weighted by Crippen LogP contribution is 2.28. The molecule has 96 valence electrons. The van der Waals surface area contributed by atoms with Crippen molar-refractivity contribution < 1.29 is 9.31 Å². The van der Waals surface area contributed by atoms with E-state index < -0.39 is 16.4 Å². The molecule has 0 atom stereocenters. The largest absolute Gasteiger partial charge is 0.374 e. The lowest BCUT2D eigenvalue weighted by Gasteiger charge is -1.96. The van der Waals surface area contributed by atoms with E-state index in [1.165, 1.54) is 6.07 Å². The molecule has 0 amide bonds. The minimum atomic E-state index is -0.906. The molecule has 0 saturated carbocycles. The summed E-state index contributed by atoms with van der Waals surface area (Å²) in [4.78, 5) is 9.61. The number of aromatic nitrogens is 2. The lowest BCUT2D eigenvalue weighted by Crippen LogP contribution is -1.92. The summed E-state index contributed by atoms with van der Waals surface area (Å²) in [7, 11) is 0. The summed E-state index contributed by atoms with van der Waals surface area (Å²) in [6.07, 6.45) is 0. The Balaban J connectivity index is 0.000000771.